The van der Waals surface area contributed by atoms with Crippen LogP contribution in [0.15, 0.2) is 65.7 Å². The number of alkyl carbamates (subject to hydrolysis) is 1. The minimum atomic E-state index is -0.754. The third-order valence-corrected chi connectivity index (χ3v) is 4.55. The second-order valence-corrected chi connectivity index (χ2v) is 6.71. The first-order chi connectivity index (χ1) is 14.1. The van der Waals surface area contributed by atoms with Gasteiger partial charge in [-0.2, -0.15) is 0 Å². The van der Waals surface area contributed by atoms with Crippen molar-refractivity contribution in [2.24, 2.45) is 4.99 Å². The van der Waals surface area contributed by atoms with Gasteiger partial charge in [0.2, 0.25) is 5.90 Å². The topological polar surface area (TPSA) is 86.2 Å². The first-order valence-electron chi connectivity index (χ1n) is 9.40. The number of benzene rings is 2. The van der Waals surface area contributed by atoms with E-state index in [4.69, 9.17) is 14.2 Å². The second kappa shape index (κ2) is 9.73. The highest BCUT2D eigenvalue weighted by Gasteiger charge is 2.37. The number of aliphatic imine (C=N–C) groups is 1. The Bertz CT molecular complexity index is 854. The fourth-order valence-electron chi connectivity index (χ4n) is 3.02. The van der Waals surface area contributed by atoms with Gasteiger partial charge in [-0.3, -0.25) is 0 Å². The number of amides is 1. The molecule has 0 spiro atoms. The van der Waals surface area contributed by atoms with Crippen LogP contribution >= 0.6 is 0 Å². The fourth-order valence-corrected chi connectivity index (χ4v) is 3.02. The highest BCUT2D eigenvalue weighted by atomic mass is 16.6. The largest absolute Gasteiger partial charge is 0.474 e. The van der Waals surface area contributed by atoms with Crippen molar-refractivity contribution >= 4 is 18.0 Å². The molecule has 2 aromatic carbocycles. The monoisotopic (exact) mass is 396 g/mol. The summed E-state index contributed by atoms with van der Waals surface area (Å²) in [5.74, 6) is -0.189. The predicted molar refractivity (Wildman–Crippen MR) is 107 cm³/mol. The van der Waals surface area contributed by atoms with Crippen molar-refractivity contribution in [2.45, 2.75) is 38.1 Å². The summed E-state index contributed by atoms with van der Waals surface area (Å²) in [6, 6.07) is 17.7. The lowest BCUT2D eigenvalue weighted by atomic mass is 10.1. The van der Waals surface area contributed by atoms with Crippen LogP contribution in [0.5, 0.6) is 0 Å². The maximum atomic E-state index is 12.4. The Labute approximate surface area is 169 Å². The lowest BCUT2D eigenvalue weighted by molar-refractivity contribution is -0.143. The number of nitrogens with one attached hydrogen (secondary N) is 1. The molecule has 0 fully saturated rings. The zero-order valence-electron chi connectivity index (χ0n) is 16.4. The maximum absolute atomic E-state index is 12.4. The second-order valence-electron chi connectivity index (χ2n) is 6.71. The summed E-state index contributed by atoms with van der Waals surface area (Å²) in [5.41, 5.74) is 1.87. The van der Waals surface area contributed by atoms with Gasteiger partial charge in [0.1, 0.15) is 18.8 Å². The average Bonchev–Trinajstić information content (AvgIpc) is 3.14. The smallest absolute Gasteiger partial charge is 0.408 e. The van der Waals surface area contributed by atoms with Crippen LogP contribution in [-0.2, 0) is 32.0 Å². The molecule has 2 aromatic rings. The zero-order valence-corrected chi connectivity index (χ0v) is 16.4. The van der Waals surface area contributed by atoms with E-state index in [9.17, 15) is 9.59 Å². The van der Waals surface area contributed by atoms with Gasteiger partial charge >= 0.3 is 12.1 Å². The fraction of sp³-hybridized carbons (Fsp3) is 0.318. The molecule has 1 heterocycles. The lowest BCUT2D eigenvalue weighted by Gasteiger charge is -2.19. The molecule has 0 radical (unpaired) electrons. The van der Waals surface area contributed by atoms with Gasteiger partial charge in [-0.15, -0.1) is 0 Å². The van der Waals surface area contributed by atoms with E-state index in [0.717, 1.165) is 11.1 Å². The number of carbonyl (C=O) groups excluding carboxylic acids is 2. The molecule has 1 aliphatic rings. The third-order valence-electron chi connectivity index (χ3n) is 4.55. The summed E-state index contributed by atoms with van der Waals surface area (Å²) < 4.78 is 15.9. The summed E-state index contributed by atoms with van der Waals surface area (Å²) >= 11 is 0. The van der Waals surface area contributed by atoms with E-state index in [1.54, 1.807) is 6.92 Å². The van der Waals surface area contributed by atoms with Gasteiger partial charge in [0, 0.05) is 6.42 Å². The van der Waals surface area contributed by atoms with Crippen LogP contribution in [-0.4, -0.2) is 43.3 Å². The molecule has 0 saturated carbocycles. The molecule has 1 amide bonds. The van der Waals surface area contributed by atoms with E-state index in [-0.39, 0.29) is 12.5 Å². The first kappa shape index (κ1) is 20.4. The van der Waals surface area contributed by atoms with E-state index in [1.807, 2.05) is 60.7 Å². The Kier molecular flexibility index (Phi) is 6.84. The van der Waals surface area contributed by atoms with Gasteiger partial charge in [0.25, 0.3) is 0 Å². The van der Waals surface area contributed by atoms with Crippen LogP contribution in [0.3, 0.4) is 0 Å². The molecule has 0 aliphatic carbocycles. The van der Waals surface area contributed by atoms with Gasteiger partial charge in [0.05, 0.1) is 7.11 Å². The molecule has 0 bridgehead atoms. The molecule has 7 heteroatoms. The molecule has 152 valence electrons. The number of hydrogen-bond donors (Lipinski definition) is 1. The van der Waals surface area contributed by atoms with Gasteiger partial charge in [-0.05, 0) is 18.1 Å². The van der Waals surface area contributed by atoms with E-state index >= 15 is 0 Å². The minimum Gasteiger partial charge on any atom is -0.474 e. The van der Waals surface area contributed by atoms with Crippen LogP contribution in [0.4, 0.5) is 4.79 Å². The van der Waals surface area contributed by atoms with Crippen LogP contribution in [0.1, 0.15) is 18.1 Å². The summed E-state index contributed by atoms with van der Waals surface area (Å²) in [6.45, 7) is 1.89. The summed E-state index contributed by atoms with van der Waals surface area (Å²) in [7, 11) is 1.31. The van der Waals surface area contributed by atoms with Crippen molar-refractivity contribution in [2.75, 3.05) is 7.11 Å². The Morgan fingerprint density at radius 1 is 1.07 bits per heavy atom. The molecular weight excluding hydrogens is 372 g/mol. The Morgan fingerprint density at radius 2 is 1.69 bits per heavy atom. The SMILES string of the molecule is COC(=O)[C@H]1N=C([C@H](Cc2ccccc2)NC(=O)OCc2ccccc2)O[C@H]1C. The van der Waals surface area contributed by atoms with E-state index < -0.39 is 30.3 Å². The Morgan fingerprint density at radius 3 is 2.31 bits per heavy atom. The predicted octanol–water partition coefficient (Wildman–Crippen LogP) is 2.88. The third kappa shape index (κ3) is 5.57. The Hall–Kier alpha value is -3.35. The number of ether oxygens (including phenoxy) is 3. The number of carbonyl (C=O) groups is 2. The summed E-state index contributed by atoms with van der Waals surface area (Å²) in [6.07, 6.45) is -0.617. The molecule has 29 heavy (non-hydrogen) atoms. The van der Waals surface area contributed by atoms with Crippen LogP contribution in [0.2, 0.25) is 0 Å². The normalized spacial score (nSPS) is 18.9. The van der Waals surface area contributed by atoms with Gasteiger partial charge in [-0.25, -0.2) is 14.6 Å². The number of esters is 1. The van der Waals surface area contributed by atoms with Crippen LogP contribution in [0.25, 0.3) is 0 Å². The average molecular weight is 396 g/mol. The van der Waals surface area contributed by atoms with Gasteiger partial charge in [0.15, 0.2) is 6.04 Å². The molecule has 1 aliphatic heterocycles. The maximum Gasteiger partial charge on any atom is 0.408 e. The molecule has 0 unspecified atom stereocenters. The molecule has 0 saturated heterocycles. The summed E-state index contributed by atoms with van der Waals surface area (Å²) in [4.78, 5) is 28.7. The molecule has 1 N–H and O–H groups in total. The minimum absolute atomic E-state index is 0.152. The molecule has 3 atom stereocenters. The van der Waals surface area contributed by atoms with Crippen LogP contribution in [0, 0.1) is 0 Å². The number of hydrogen-bond acceptors (Lipinski definition) is 6. The summed E-state index contributed by atoms with van der Waals surface area (Å²) in [5, 5.41) is 2.81. The quantitative estimate of drug-likeness (QED) is 0.728. The highest BCUT2D eigenvalue weighted by molar-refractivity contribution is 5.91. The van der Waals surface area contributed by atoms with Crippen molar-refractivity contribution in [3.05, 3.63) is 71.8 Å². The Balaban J connectivity index is 1.71. The number of nitrogens with zero attached hydrogens (tertiary/aromatic N) is 1. The standard InChI is InChI=1S/C22H24N2O5/c1-15-19(21(25)27-2)24-20(29-15)18(13-16-9-5-3-6-10-16)23-22(26)28-14-17-11-7-4-8-12-17/h3-12,15,18-19H,13-14H2,1-2H3,(H,23,26)/t15-,18-,19-/m0/s1. The lowest BCUT2D eigenvalue weighted by Crippen LogP contribution is -2.43. The van der Waals surface area contributed by atoms with E-state index in [1.165, 1.54) is 7.11 Å². The van der Waals surface area contributed by atoms with Crippen molar-refractivity contribution in [1.82, 2.24) is 5.32 Å². The molecular formula is C22H24N2O5. The van der Waals surface area contributed by atoms with E-state index in [0.29, 0.717) is 6.42 Å². The number of rotatable bonds is 7. The van der Waals surface area contributed by atoms with E-state index in [2.05, 4.69) is 10.3 Å². The van der Waals surface area contributed by atoms with Gasteiger partial charge < -0.3 is 19.5 Å². The first-order valence-corrected chi connectivity index (χ1v) is 9.40. The van der Waals surface area contributed by atoms with Gasteiger partial charge in [-0.1, -0.05) is 60.7 Å². The number of methoxy groups -OCH3 is 1. The highest BCUT2D eigenvalue weighted by Crippen LogP contribution is 2.18. The van der Waals surface area contributed by atoms with Crippen molar-refractivity contribution < 1.29 is 23.8 Å². The van der Waals surface area contributed by atoms with Crippen molar-refractivity contribution in [1.29, 1.82) is 0 Å². The molecule has 0 aromatic heterocycles. The van der Waals surface area contributed by atoms with Crippen molar-refractivity contribution in [3.63, 3.8) is 0 Å². The van der Waals surface area contributed by atoms with Crippen LogP contribution < -0.4 is 5.32 Å². The zero-order chi connectivity index (χ0) is 20.6. The molecule has 7 nitrogen and oxygen atoms in total. The van der Waals surface area contributed by atoms with Crippen molar-refractivity contribution in [3.8, 4) is 0 Å². The molecule has 3 rings (SSSR count).